The van der Waals surface area contributed by atoms with Crippen LogP contribution in [0.1, 0.15) is 31.4 Å². The van der Waals surface area contributed by atoms with Gasteiger partial charge in [-0.1, -0.05) is 79.2 Å². The second-order valence-corrected chi connectivity index (χ2v) is 13.0. The monoisotopic (exact) mass is 647 g/mol. The summed E-state index contributed by atoms with van der Waals surface area (Å²) in [6.45, 7) is 3.43. The number of rotatable bonds is 14. The van der Waals surface area contributed by atoms with Gasteiger partial charge >= 0.3 is 0 Å². The molecule has 0 saturated heterocycles. The molecule has 0 aliphatic heterocycles. The molecule has 0 spiro atoms. The first-order valence-corrected chi connectivity index (χ1v) is 16.5. The van der Waals surface area contributed by atoms with Gasteiger partial charge in [0.1, 0.15) is 18.3 Å². The van der Waals surface area contributed by atoms with Gasteiger partial charge in [0.2, 0.25) is 11.8 Å². The smallest absolute Gasteiger partial charge is 0.264 e. The van der Waals surface area contributed by atoms with E-state index in [1.54, 1.807) is 36.4 Å². The third-order valence-electron chi connectivity index (χ3n) is 7.51. The van der Waals surface area contributed by atoms with Gasteiger partial charge in [-0.05, 0) is 73.0 Å². The molecule has 8 nitrogen and oxygen atoms in total. The molecule has 4 aromatic carbocycles. The minimum atomic E-state index is -4.23. The number of carbonyl (C=O) groups excluding carboxylic acids is 2. The molecule has 10 heteroatoms. The molecule has 2 atom stereocenters. The van der Waals surface area contributed by atoms with Crippen molar-refractivity contribution in [1.82, 2.24) is 10.2 Å². The van der Waals surface area contributed by atoms with E-state index in [1.807, 2.05) is 74.5 Å². The fourth-order valence-electron chi connectivity index (χ4n) is 4.79. The number of nitrogens with one attached hydrogen (secondary N) is 1. The number of sulfonamides is 1. The molecular formula is C35H38ClN3O5S. The number of methoxy groups -OCH3 is 1. The molecule has 0 saturated carbocycles. The van der Waals surface area contributed by atoms with E-state index in [9.17, 15) is 18.0 Å². The van der Waals surface area contributed by atoms with Crippen molar-refractivity contribution in [2.45, 2.75) is 50.2 Å². The van der Waals surface area contributed by atoms with Crippen LogP contribution in [0.2, 0.25) is 5.02 Å². The van der Waals surface area contributed by atoms with Gasteiger partial charge in [0.25, 0.3) is 10.0 Å². The minimum Gasteiger partial charge on any atom is -0.497 e. The van der Waals surface area contributed by atoms with E-state index in [2.05, 4.69) is 5.32 Å². The lowest BCUT2D eigenvalue weighted by atomic mass is 10.0. The Morgan fingerprint density at radius 3 is 1.98 bits per heavy atom. The first-order chi connectivity index (χ1) is 21.6. The van der Waals surface area contributed by atoms with E-state index in [0.29, 0.717) is 17.2 Å². The second-order valence-electron chi connectivity index (χ2n) is 10.7. The molecular weight excluding hydrogens is 610 g/mol. The van der Waals surface area contributed by atoms with Gasteiger partial charge in [-0.25, -0.2) is 8.42 Å². The lowest BCUT2D eigenvalue weighted by molar-refractivity contribution is -0.140. The van der Waals surface area contributed by atoms with Crippen LogP contribution in [0.4, 0.5) is 5.69 Å². The number of anilines is 1. The van der Waals surface area contributed by atoms with Crippen LogP contribution in [0.3, 0.4) is 0 Å². The van der Waals surface area contributed by atoms with E-state index in [-0.39, 0.29) is 35.5 Å². The van der Waals surface area contributed by atoms with E-state index in [4.69, 9.17) is 16.3 Å². The zero-order valence-corrected chi connectivity index (χ0v) is 27.2. The Labute approximate surface area is 270 Å². The van der Waals surface area contributed by atoms with E-state index in [0.717, 1.165) is 15.4 Å². The van der Waals surface area contributed by atoms with Crippen molar-refractivity contribution < 1.29 is 22.7 Å². The SMILES string of the molecule is CC[C@H](C)NC(=O)[C@H](Cc1ccccc1)N(Cc1ccccc1)C(=O)CN(c1ccc(Cl)cc1)S(=O)(=O)c1ccc(OC)cc1. The molecule has 0 aromatic heterocycles. The third-order valence-corrected chi connectivity index (χ3v) is 9.55. The first kappa shape index (κ1) is 33.6. The Hall–Kier alpha value is -4.34. The summed E-state index contributed by atoms with van der Waals surface area (Å²) in [7, 11) is -2.74. The lowest BCUT2D eigenvalue weighted by Gasteiger charge is -2.34. The predicted octanol–water partition coefficient (Wildman–Crippen LogP) is 6.10. The van der Waals surface area contributed by atoms with Crippen LogP contribution in [0.25, 0.3) is 0 Å². The zero-order chi connectivity index (χ0) is 32.4. The highest BCUT2D eigenvalue weighted by Gasteiger charge is 2.35. The number of hydrogen-bond acceptors (Lipinski definition) is 5. The summed E-state index contributed by atoms with van der Waals surface area (Å²) in [4.78, 5) is 29.8. The van der Waals surface area contributed by atoms with Crippen molar-refractivity contribution in [2.75, 3.05) is 18.0 Å². The van der Waals surface area contributed by atoms with Gasteiger partial charge in [0.05, 0.1) is 17.7 Å². The highest BCUT2D eigenvalue weighted by molar-refractivity contribution is 7.92. The molecule has 0 heterocycles. The number of carbonyl (C=O) groups is 2. The minimum absolute atomic E-state index is 0.0176. The van der Waals surface area contributed by atoms with Crippen molar-refractivity contribution in [1.29, 1.82) is 0 Å². The van der Waals surface area contributed by atoms with Gasteiger partial charge < -0.3 is 15.0 Å². The van der Waals surface area contributed by atoms with Crippen molar-refractivity contribution >= 4 is 39.1 Å². The van der Waals surface area contributed by atoms with Crippen LogP contribution in [-0.2, 0) is 32.6 Å². The maximum atomic E-state index is 14.5. The number of halogens is 1. The largest absolute Gasteiger partial charge is 0.497 e. The number of amides is 2. The average Bonchev–Trinajstić information content (AvgIpc) is 3.06. The first-order valence-electron chi connectivity index (χ1n) is 14.7. The van der Waals surface area contributed by atoms with Gasteiger partial charge in [-0.2, -0.15) is 0 Å². The van der Waals surface area contributed by atoms with Crippen molar-refractivity contribution in [3.8, 4) is 5.75 Å². The molecule has 1 N–H and O–H groups in total. The lowest BCUT2D eigenvalue weighted by Crippen LogP contribution is -2.54. The maximum Gasteiger partial charge on any atom is 0.264 e. The topological polar surface area (TPSA) is 96.0 Å². The van der Waals surface area contributed by atoms with Crippen molar-refractivity contribution in [3.05, 3.63) is 125 Å². The molecule has 0 radical (unpaired) electrons. The molecule has 0 bridgehead atoms. The highest BCUT2D eigenvalue weighted by atomic mass is 35.5. The summed E-state index contributed by atoms with van der Waals surface area (Å²) in [6.07, 6.45) is 0.953. The Bertz CT molecular complexity index is 1650. The number of nitrogens with zero attached hydrogens (tertiary/aromatic N) is 2. The molecule has 0 aliphatic rings. The molecule has 4 aromatic rings. The normalized spacial score (nSPS) is 12.5. The molecule has 0 unspecified atom stereocenters. The van der Waals surface area contributed by atoms with E-state index < -0.39 is 28.5 Å². The fraction of sp³-hybridized carbons (Fsp3) is 0.257. The van der Waals surface area contributed by atoms with Crippen LogP contribution < -0.4 is 14.4 Å². The summed E-state index contributed by atoms with van der Waals surface area (Å²) in [6, 6.07) is 30.0. The Morgan fingerprint density at radius 2 is 1.42 bits per heavy atom. The van der Waals surface area contributed by atoms with Crippen LogP contribution >= 0.6 is 11.6 Å². The van der Waals surface area contributed by atoms with Crippen molar-refractivity contribution in [3.63, 3.8) is 0 Å². The Balaban J connectivity index is 1.79. The van der Waals surface area contributed by atoms with Gasteiger partial charge in [0, 0.05) is 24.0 Å². The quantitative estimate of drug-likeness (QED) is 0.179. The summed E-state index contributed by atoms with van der Waals surface area (Å²) >= 11 is 6.13. The highest BCUT2D eigenvalue weighted by Crippen LogP contribution is 2.27. The maximum absolute atomic E-state index is 14.5. The molecule has 45 heavy (non-hydrogen) atoms. The second kappa shape index (κ2) is 15.6. The summed E-state index contributed by atoms with van der Waals surface area (Å²) in [5, 5.41) is 3.46. The standard InChI is InChI=1S/C35H38ClN3O5S/c1-4-26(2)37-35(41)33(23-27-11-7-5-8-12-27)38(24-28-13-9-6-10-14-28)34(40)25-39(30-17-15-29(36)16-18-30)45(42,43)32-21-19-31(44-3)20-22-32/h5-22,26,33H,4,23-25H2,1-3H3,(H,37,41)/t26-,33-/m0/s1. The predicted molar refractivity (Wildman–Crippen MR) is 178 cm³/mol. The summed E-state index contributed by atoms with van der Waals surface area (Å²) in [5.41, 5.74) is 1.93. The van der Waals surface area contributed by atoms with Gasteiger partial charge in [0.15, 0.2) is 0 Å². The molecule has 2 amide bonds. The number of ether oxygens (including phenoxy) is 1. The van der Waals surface area contributed by atoms with Gasteiger partial charge in [-0.3, -0.25) is 13.9 Å². The van der Waals surface area contributed by atoms with Crippen LogP contribution in [-0.4, -0.2) is 50.9 Å². The van der Waals surface area contributed by atoms with Crippen molar-refractivity contribution in [2.24, 2.45) is 0 Å². The van der Waals surface area contributed by atoms with Crippen LogP contribution in [0, 0.1) is 0 Å². The third kappa shape index (κ3) is 8.86. The number of benzene rings is 4. The Kier molecular flexibility index (Phi) is 11.6. The van der Waals surface area contributed by atoms with E-state index >= 15 is 0 Å². The van der Waals surface area contributed by atoms with E-state index in [1.165, 1.54) is 24.1 Å². The Morgan fingerprint density at radius 1 is 0.844 bits per heavy atom. The average molecular weight is 648 g/mol. The molecule has 236 valence electrons. The van der Waals surface area contributed by atoms with Gasteiger partial charge in [-0.15, -0.1) is 0 Å². The summed E-state index contributed by atoms with van der Waals surface area (Å²) < 4.78 is 34.5. The fourth-order valence-corrected chi connectivity index (χ4v) is 6.33. The number of hydrogen-bond donors (Lipinski definition) is 1. The molecule has 4 rings (SSSR count). The summed E-state index contributed by atoms with van der Waals surface area (Å²) in [5.74, 6) is -0.354. The van der Waals surface area contributed by atoms with Crippen LogP contribution in [0.15, 0.2) is 114 Å². The van der Waals surface area contributed by atoms with Crippen LogP contribution in [0.5, 0.6) is 5.75 Å². The molecule has 0 aliphatic carbocycles. The molecule has 0 fully saturated rings. The zero-order valence-electron chi connectivity index (χ0n) is 25.6.